The zero-order valence-corrected chi connectivity index (χ0v) is 17.2. The highest BCUT2D eigenvalue weighted by Crippen LogP contribution is 2.12. The first-order valence-electron chi connectivity index (χ1n) is 10.4. The molecule has 0 saturated carbocycles. The average Bonchev–Trinajstić information content (AvgIpc) is 2.63. The summed E-state index contributed by atoms with van der Waals surface area (Å²) in [6.07, 6.45) is 19.6. The molecule has 146 valence electrons. The van der Waals surface area contributed by atoms with E-state index in [1.807, 2.05) is 24.3 Å². The van der Waals surface area contributed by atoms with Crippen molar-refractivity contribution in [2.75, 3.05) is 11.9 Å². The number of halogens is 1. The third-order valence-electron chi connectivity index (χ3n) is 4.56. The molecule has 0 bridgehead atoms. The van der Waals surface area contributed by atoms with Crippen molar-refractivity contribution in [2.45, 2.75) is 84.0 Å². The Bertz CT molecular complexity index is 495. The molecule has 0 heterocycles. The van der Waals surface area contributed by atoms with Crippen molar-refractivity contribution in [1.29, 1.82) is 0 Å². The van der Waals surface area contributed by atoms with Crippen LogP contribution in [0.5, 0.6) is 0 Å². The van der Waals surface area contributed by atoms with Gasteiger partial charge in [-0.15, -0.1) is 0 Å². The second-order valence-corrected chi connectivity index (χ2v) is 7.45. The standard InChI is InChI=1S/C23H36ClNO/c1-2-3-4-5-6-7-8-9-10-11-12-13-14-19-25-22-17-15-21(16-18-22)20-23(24)26/h11-12,15-18,25H,2-10,13-14,19-20H2,1H3/b12-11+. The Labute approximate surface area is 165 Å². The third kappa shape index (κ3) is 13.0. The molecule has 2 nitrogen and oxygen atoms in total. The summed E-state index contributed by atoms with van der Waals surface area (Å²) in [5.41, 5.74) is 2.05. The molecule has 1 N–H and O–H groups in total. The Morgan fingerprint density at radius 3 is 2.08 bits per heavy atom. The molecular formula is C23H36ClNO. The first-order valence-corrected chi connectivity index (χ1v) is 10.8. The van der Waals surface area contributed by atoms with Gasteiger partial charge in [0.25, 0.3) is 0 Å². The Morgan fingerprint density at radius 2 is 1.46 bits per heavy atom. The van der Waals surface area contributed by atoms with Gasteiger partial charge in [0, 0.05) is 18.7 Å². The van der Waals surface area contributed by atoms with Crippen LogP contribution in [-0.2, 0) is 11.2 Å². The smallest absolute Gasteiger partial charge is 0.226 e. The lowest BCUT2D eigenvalue weighted by Crippen LogP contribution is -2.01. The summed E-state index contributed by atoms with van der Waals surface area (Å²) in [6, 6.07) is 7.92. The predicted molar refractivity (Wildman–Crippen MR) is 115 cm³/mol. The lowest BCUT2D eigenvalue weighted by atomic mass is 10.1. The van der Waals surface area contributed by atoms with Crippen LogP contribution in [-0.4, -0.2) is 11.8 Å². The first-order chi connectivity index (χ1) is 12.7. The minimum atomic E-state index is -0.315. The molecule has 26 heavy (non-hydrogen) atoms. The molecule has 1 aromatic rings. The number of carbonyl (C=O) groups excluding carboxylic acids is 1. The van der Waals surface area contributed by atoms with Crippen LogP contribution in [0.25, 0.3) is 0 Å². The molecule has 3 heteroatoms. The average molecular weight is 378 g/mol. The van der Waals surface area contributed by atoms with E-state index in [1.165, 1.54) is 57.8 Å². The molecule has 0 aliphatic carbocycles. The van der Waals surface area contributed by atoms with E-state index in [9.17, 15) is 4.79 Å². The molecule has 0 aromatic heterocycles. The quantitative estimate of drug-likeness (QED) is 0.186. The van der Waals surface area contributed by atoms with Gasteiger partial charge in [-0.2, -0.15) is 0 Å². The molecule has 0 aliphatic rings. The molecule has 0 atom stereocenters. The number of unbranched alkanes of at least 4 members (excludes halogenated alkanes) is 9. The highest BCUT2D eigenvalue weighted by molar-refractivity contribution is 6.63. The van der Waals surface area contributed by atoms with Crippen molar-refractivity contribution in [3.05, 3.63) is 42.0 Å². The van der Waals surface area contributed by atoms with Gasteiger partial charge in [0.05, 0.1) is 0 Å². The van der Waals surface area contributed by atoms with Crippen LogP contribution in [0.1, 0.15) is 83.1 Å². The summed E-state index contributed by atoms with van der Waals surface area (Å²) in [4.78, 5) is 10.9. The van der Waals surface area contributed by atoms with Gasteiger partial charge in [0.15, 0.2) is 0 Å². The topological polar surface area (TPSA) is 29.1 Å². The SMILES string of the molecule is CCCCCCCCCC/C=C/CCCNc1ccc(CC(=O)Cl)cc1. The summed E-state index contributed by atoms with van der Waals surface area (Å²) in [6.45, 7) is 3.24. The van der Waals surface area contributed by atoms with E-state index in [1.54, 1.807) is 0 Å². The van der Waals surface area contributed by atoms with Crippen LogP contribution in [0.2, 0.25) is 0 Å². The highest BCUT2D eigenvalue weighted by Gasteiger charge is 1.99. The molecule has 0 radical (unpaired) electrons. The van der Waals surface area contributed by atoms with Gasteiger partial charge in [0.1, 0.15) is 0 Å². The lowest BCUT2D eigenvalue weighted by molar-refractivity contribution is -0.111. The van der Waals surface area contributed by atoms with Crippen LogP contribution >= 0.6 is 11.6 Å². The molecule has 0 saturated heterocycles. The summed E-state index contributed by atoms with van der Waals surface area (Å²) < 4.78 is 0. The van der Waals surface area contributed by atoms with Crippen LogP contribution in [0.15, 0.2) is 36.4 Å². The number of benzene rings is 1. The second-order valence-electron chi connectivity index (χ2n) is 7.03. The molecule has 0 amide bonds. The van der Waals surface area contributed by atoms with Crippen molar-refractivity contribution < 1.29 is 4.79 Å². The minimum absolute atomic E-state index is 0.297. The summed E-state index contributed by atoms with van der Waals surface area (Å²) in [5.74, 6) is 0. The van der Waals surface area contributed by atoms with Crippen LogP contribution in [0, 0.1) is 0 Å². The molecular weight excluding hydrogens is 342 g/mol. The van der Waals surface area contributed by atoms with Crippen molar-refractivity contribution in [3.8, 4) is 0 Å². The van der Waals surface area contributed by atoms with E-state index in [0.717, 1.165) is 30.6 Å². The molecule has 0 aliphatic heterocycles. The van der Waals surface area contributed by atoms with Gasteiger partial charge in [-0.1, -0.05) is 76.2 Å². The monoisotopic (exact) mass is 377 g/mol. The van der Waals surface area contributed by atoms with Crippen LogP contribution in [0.4, 0.5) is 5.69 Å². The van der Waals surface area contributed by atoms with Crippen molar-refractivity contribution in [1.82, 2.24) is 0 Å². The summed E-state index contributed by atoms with van der Waals surface area (Å²) in [5, 5.41) is 3.10. The van der Waals surface area contributed by atoms with Crippen LogP contribution in [0.3, 0.4) is 0 Å². The van der Waals surface area contributed by atoms with E-state index in [-0.39, 0.29) is 5.24 Å². The maximum atomic E-state index is 10.9. The fraction of sp³-hybridized carbons (Fsp3) is 0.609. The van der Waals surface area contributed by atoms with Crippen molar-refractivity contribution in [2.24, 2.45) is 0 Å². The normalized spacial score (nSPS) is 11.2. The fourth-order valence-corrected chi connectivity index (χ4v) is 3.14. The maximum Gasteiger partial charge on any atom is 0.226 e. The number of rotatable bonds is 16. The van der Waals surface area contributed by atoms with E-state index in [2.05, 4.69) is 24.4 Å². The highest BCUT2D eigenvalue weighted by atomic mass is 35.5. The van der Waals surface area contributed by atoms with E-state index >= 15 is 0 Å². The number of anilines is 1. The number of nitrogens with one attached hydrogen (secondary N) is 1. The van der Waals surface area contributed by atoms with E-state index in [4.69, 9.17) is 11.6 Å². The van der Waals surface area contributed by atoms with Gasteiger partial charge in [-0.25, -0.2) is 0 Å². The fourth-order valence-electron chi connectivity index (χ4n) is 2.99. The molecule has 0 unspecified atom stereocenters. The molecule has 0 fully saturated rings. The third-order valence-corrected chi connectivity index (χ3v) is 4.70. The molecule has 0 spiro atoms. The Balaban J connectivity index is 1.93. The lowest BCUT2D eigenvalue weighted by Gasteiger charge is -2.06. The van der Waals surface area contributed by atoms with Gasteiger partial charge in [0.2, 0.25) is 5.24 Å². The number of hydrogen-bond donors (Lipinski definition) is 1. The summed E-state index contributed by atoms with van der Waals surface area (Å²) in [7, 11) is 0. The van der Waals surface area contributed by atoms with Crippen molar-refractivity contribution >= 4 is 22.5 Å². The number of carbonyl (C=O) groups is 1. The van der Waals surface area contributed by atoms with E-state index in [0.29, 0.717) is 6.42 Å². The number of hydrogen-bond acceptors (Lipinski definition) is 2. The Kier molecular flexibility index (Phi) is 13.9. The largest absolute Gasteiger partial charge is 0.385 e. The van der Waals surface area contributed by atoms with Crippen molar-refractivity contribution in [3.63, 3.8) is 0 Å². The Morgan fingerprint density at radius 1 is 0.885 bits per heavy atom. The zero-order valence-electron chi connectivity index (χ0n) is 16.4. The van der Waals surface area contributed by atoms with Crippen LogP contribution < -0.4 is 5.32 Å². The minimum Gasteiger partial charge on any atom is -0.385 e. The zero-order chi connectivity index (χ0) is 18.9. The Hall–Kier alpha value is -1.28. The molecule has 1 rings (SSSR count). The number of allylic oxidation sites excluding steroid dienone is 2. The van der Waals surface area contributed by atoms with Gasteiger partial charge < -0.3 is 5.32 Å². The van der Waals surface area contributed by atoms with Gasteiger partial charge in [-0.05, 0) is 55.0 Å². The summed E-state index contributed by atoms with van der Waals surface area (Å²) >= 11 is 5.39. The molecule has 1 aromatic carbocycles. The van der Waals surface area contributed by atoms with Gasteiger partial charge >= 0.3 is 0 Å². The second kappa shape index (κ2) is 15.9. The predicted octanol–water partition coefficient (Wildman–Crippen LogP) is 7.27. The van der Waals surface area contributed by atoms with E-state index < -0.39 is 0 Å². The van der Waals surface area contributed by atoms with Gasteiger partial charge in [-0.3, -0.25) is 4.79 Å². The maximum absolute atomic E-state index is 10.9. The first kappa shape index (κ1) is 22.8.